The van der Waals surface area contributed by atoms with Gasteiger partial charge in [0, 0.05) is 32.5 Å². The fraction of sp³-hybridized carbons (Fsp3) is 0.421. The Morgan fingerprint density at radius 2 is 1.77 bits per heavy atom. The lowest BCUT2D eigenvalue weighted by Gasteiger charge is -2.23. The first-order chi connectivity index (χ1) is 12.6. The van der Waals surface area contributed by atoms with Gasteiger partial charge in [-0.05, 0) is 30.5 Å². The predicted molar refractivity (Wildman–Crippen MR) is 100 cm³/mol. The minimum absolute atomic E-state index is 0.295. The molecule has 7 heteroatoms. The fourth-order valence-electron chi connectivity index (χ4n) is 3.75. The van der Waals surface area contributed by atoms with Crippen LogP contribution in [0, 0.1) is 0 Å². The summed E-state index contributed by atoms with van der Waals surface area (Å²) < 4.78 is 8.52. The lowest BCUT2D eigenvalue weighted by atomic mass is 9.95. The maximum absolute atomic E-state index is 12.8. The number of anilines is 1. The molecule has 1 N–H and O–H groups in total. The standard InChI is InChI=1S/C19H22N4O3/c1-22-17(24)15-14(12-8-10-20-11-9-12)16(21-13-6-4-3-5-7-13)26-18(15)23(2)19(22)25/h8-11,13,21H,3-7H2,1-2H3. The summed E-state index contributed by atoms with van der Waals surface area (Å²) in [4.78, 5) is 29.2. The Bertz CT molecular complexity index is 1060. The number of fused-ring (bicyclic) bond motifs is 1. The number of aromatic nitrogens is 3. The average Bonchev–Trinajstić information content (AvgIpc) is 3.05. The second-order valence-electron chi connectivity index (χ2n) is 6.91. The van der Waals surface area contributed by atoms with Gasteiger partial charge in [-0.3, -0.25) is 18.9 Å². The topological polar surface area (TPSA) is 82.1 Å². The van der Waals surface area contributed by atoms with Crippen molar-refractivity contribution in [2.45, 2.75) is 38.1 Å². The van der Waals surface area contributed by atoms with Crippen LogP contribution in [0.3, 0.4) is 0 Å². The molecule has 3 heterocycles. The molecule has 1 aliphatic rings. The third-order valence-electron chi connectivity index (χ3n) is 5.20. The number of rotatable bonds is 3. The van der Waals surface area contributed by atoms with Crippen LogP contribution in [-0.2, 0) is 14.1 Å². The molecule has 26 heavy (non-hydrogen) atoms. The molecular weight excluding hydrogens is 332 g/mol. The van der Waals surface area contributed by atoms with Crippen LogP contribution in [0.15, 0.2) is 38.5 Å². The number of nitrogens with one attached hydrogen (secondary N) is 1. The number of nitrogens with zero attached hydrogens (tertiary/aromatic N) is 3. The molecule has 4 rings (SSSR count). The van der Waals surface area contributed by atoms with Gasteiger partial charge in [-0.15, -0.1) is 0 Å². The summed E-state index contributed by atoms with van der Waals surface area (Å²) in [5, 5.41) is 3.90. The van der Waals surface area contributed by atoms with Crippen molar-refractivity contribution < 1.29 is 4.42 Å². The van der Waals surface area contributed by atoms with Gasteiger partial charge in [-0.25, -0.2) is 4.79 Å². The van der Waals surface area contributed by atoms with E-state index in [9.17, 15) is 9.59 Å². The van der Waals surface area contributed by atoms with E-state index in [1.807, 2.05) is 12.1 Å². The van der Waals surface area contributed by atoms with E-state index in [0.717, 1.165) is 23.0 Å². The Kier molecular flexibility index (Phi) is 4.14. The maximum Gasteiger partial charge on any atom is 0.333 e. The van der Waals surface area contributed by atoms with Crippen LogP contribution in [0.25, 0.3) is 22.2 Å². The number of hydrogen-bond acceptors (Lipinski definition) is 5. The summed E-state index contributed by atoms with van der Waals surface area (Å²) in [5.41, 5.74) is 1.08. The van der Waals surface area contributed by atoms with E-state index in [2.05, 4.69) is 10.3 Å². The largest absolute Gasteiger partial charge is 0.423 e. The molecule has 0 spiro atoms. The number of pyridine rings is 1. The molecule has 0 aliphatic heterocycles. The highest BCUT2D eigenvalue weighted by Gasteiger charge is 2.25. The monoisotopic (exact) mass is 354 g/mol. The maximum atomic E-state index is 12.8. The molecule has 1 aliphatic carbocycles. The van der Waals surface area contributed by atoms with Gasteiger partial charge in [0.25, 0.3) is 5.56 Å². The van der Waals surface area contributed by atoms with Crippen LogP contribution in [-0.4, -0.2) is 20.2 Å². The van der Waals surface area contributed by atoms with E-state index in [1.54, 1.807) is 19.4 Å². The van der Waals surface area contributed by atoms with Crippen LogP contribution in [0.2, 0.25) is 0 Å². The quantitative estimate of drug-likeness (QED) is 0.782. The van der Waals surface area contributed by atoms with Gasteiger partial charge in [-0.1, -0.05) is 19.3 Å². The highest BCUT2D eigenvalue weighted by molar-refractivity contribution is 5.98. The van der Waals surface area contributed by atoms with E-state index < -0.39 is 5.69 Å². The number of aryl methyl sites for hydroxylation is 1. The molecule has 0 radical (unpaired) electrons. The second-order valence-corrected chi connectivity index (χ2v) is 6.91. The Morgan fingerprint density at radius 3 is 2.46 bits per heavy atom. The van der Waals surface area contributed by atoms with Crippen molar-refractivity contribution in [3.63, 3.8) is 0 Å². The van der Waals surface area contributed by atoms with Crippen LogP contribution >= 0.6 is 0 Å². The zero-order valence-corrected chi connectivity index (χ0v) is 15.0. The summed E-state index contributed by atoms with van der Waals surface area (Å²) in [5.74, 6) is 0.552. The lowest BCUT2D eigenvalue weighted by molar-refractivity contribution is 0.452. The summed E-state index contributed by atoms with van der Waals surface area (Å²) >= 11 is 0. The second kappa shape index (κ2) is 6.48. The van der Waals surface area contributed by atoms with Crippen molar-refractivity contribution in [3.05, 3.63) is 45.4 Å². The molecule has 1 fully saturated rings. The molecule has 136 valence electrons. The van der Waals surface area contributed by atoms with Crippen LogP contribution in [0.1, 0.15) is 32.1 Å². The molecule has 0 amide bonds. The molecule has 3 aromatic heterocycles. The van der Waals surface area contributed by atoms with E-state index >= 15 is 0 Å². The van der Waals surface area contributed by atoms with Crippen molar-refractivity contribution >= 4 is 17.0 Å². The van der Waals surface area contributed by atoms with Crippen molar-refractivity contribution in [1.82, 2.24) is 14.1 Å². The van der Waals surface area contributed by atoms with E-state index in [4.69, 9.17) is 4.42 Å². The minimum Gasteiger partial charge on any atom is -0.423 e. The highest BCUT2D eigenvalue weighted by Crippen LogP contribution is 2.37. The number of furan rings is 1. The van der Waals surface area contributed by atoms with Crippen LogP contribution in [0.5, 0.6) is 0 Å². The van der Waals surface area contributed by atoms with Gasteiger partial charge in [0.1, 0.15) is 5.39 Å². The van der Waals surface area contributed by atoms with Crippen LogP contribution in [0.4, 0.5) is 5.88 Å². The van der Waals surface area contributed by atoms with E-state index in [0.29, 0.717) is 28.6 Å². The van der Waals surface area contributed by atoms with Gasteiger partial charge >= 0.3 is 5.69 Å². The minimum atomic E-state index is -0.401. The van der Waals surface area contributed by atoms with Crippen molar-refractivity contribution in [2.75, 3.05) is 5.32 Å². The van der Waals surface area contributed by atoms with Gasteiger partial charge < -0.3 is 9.73 Å². The third-order valence-corrected chi connectivity index (χ3v) is 5.20. The van der Waals surface area contributed by atoms with Gasteiger partial charge in [0.15, 0.2) is 0 Å². The molecule has 0 bridgehead atoms. The average molecular weight is 354 g/mol. The Labute approximate surface area is 150 Å². The van der Waals surface area contributed by atoms with Gasteiger partial charge in [0.05, 0.1) is 5.56 Å². The molecular formula is C19H22N4O3. The summed E-state index contributed by atoms with van der Waals surface area (Å²) in [6.45, 7) is 0. The normalized spacial score (nSPS) is 15.5. The molecule has 0 aromatic carbocycles. The van der Waals surface area contributed by atoms with Gasteiger partial charge in [0.2, 0.25) is 11.6 Å². The first kappa shape index (κ1) is 16.6. The lowest BCUT2D eigenvalue weighted by Crippen LogP contribution is -2.36. The SMILES string of the molecule is Cn1c(=O)c2c(-c3ccncc3)c(NC3CCCCC3)oc2n(C)c1=O. The molecule has 0 unspecified atom stereocenters. The zero-order chi connectivity index (χ0) is 18.3. The van der Waals surface area contributed by atoms with Gasteiger partial charge in [-0.2, -0.15) is 0 Å². The summed E-state index contributed by atoms with van der Waals surface area (Å²) in [6.07, 6.45) is 9.14. The first-order valence-electron chi connectivity index (χ1n) is 8.97. The Morgan fingerprint density at radius 1 is 1.08 bits per heavy atom. The Balaban J connectivity index is 1.98. The third kappa shape index (κ3) is 2.64. The molecule has 0 saturated heterocycles. The van der Waals surface area contributed by atoms with Crippen molar-refractivity contribution in [3.8, 4) is 11.1 Å². The van der Waals surface area contributed by atoms with Crippen molar-refractivity contribution in [1.29, 1.82) is 0 Å². The smallest absolute Gasteiger partial charge is 0.333 e. The zero-order valence-electron chi connectivity index (χ0n) is 15.0. The van der Waals surface area contributed by atoms with Crippen LogP contribution < -0.4 is 16.6 Å². The van der Waals surface area contributed by atoms with E-state index in [1.165, 1.54) is 30.9 Å². The Hall–Kier alpha value is -2.83. The first-order valence-corrected chi connectivity index (χ1v) is 8.97. The molecule has 3 aromatic rings. The highest BCUT2D eigenvalue weighted by atomic mass is 16.4. The predicted octanol–water partition coefficient (Wildman–Crippen LogP) is 2.64. The summed E-state index contributed by atoms with van der Waals surface area (Å²) in [7, 11) is 3.11. The van der Waals surface area contributed by atoms with E-state index in [-0.39, 0.29) is 5.56 Å². The molecule has 0 atom stereocenters. The fourth-order valence-corrected chi connectivity index (χ4v) is 3.75. The van der Waals surface area contributed by atoms with Crippen molar-refractivity contribution in [2.24, 2.45) is 14.1 Å². The molecule has 7 nitrogen and oxygen atoms in total. The molecule has 1 saturated carbocycles. The summed E-state index contributed by atoms with van der Waals surface area (Å²) in [6, 6.07) is 4.01. The number of hydrogen-bond donors (Lipinski definition) is 1.